The number of likely N-dealkylation sites (tertiary alicyclic amines) is 1. The highest BCUT2D eigenvalue weighted by Gasteiger charge is 2.35. The molecule has 21 heavy (non-hydrogen) atoms. The van der Waals surface area contributed by atoms with Crippen molar-refractivity contribution >= 4 is 10.8 Å². The molecule has 1 N–H and O–H groups in total. The molecule has 2 aromatic rings. The Kier molecular flexibility index (Phi) is 3.32. The lowest BCUT2D eigenvalue weighted by atomic mass is 10.0. The molecule has 3 heteroatoms. The number of rotatable bonds is 3. The first-order valence-electron chi connectivity index (χ1n) is 7.83. The van der Waals surface area contributed by atoms with Crippen molar-refractivity contribution < 1.29 is 4.74 Å². The van der Waals surface area contributed by atoms with Gasteiger partial charge >= 0.3 is 0 Å². The van der Waals surface area contributed by atoms with Crippen molar-refractivity contribution in [3.8, 4) is 5.75 Å². The van der Waals surface area contributed by atoms with E-state index in [0.29, 0.717) is 0 Å². The van der Waals surface area contributed by atoms with Gasteiger partial charge in [0.05, 0.1) is 7.11 Å². The Morgan fingerprint density at radius 1 is 1.05 bits per heavy atom. The zero-order chi connectivity index (χ0) is 14.2. The molecule has 3 nitrogen and oxygen atoms in total. The second-order valence-electron chi connectivity index (χ2n) is 6.35. The summed E-state index contributed by atoms with van der Waals surface area (Å²) in [5.74, 6) is 2.68. The molecule has 2 aliphatic rings. The van der Waals surface area contributed by atoms with Gasteiger partial charge in [0.25, 0.3) is 0 Å². The molecule has 4 rings (SSSR count). The Morgan fingerprint density at radius 2 is 1.76 bits per heavy atom. The quantitative estimate of drug-likeness (QED) is 0.936. The average molecular weight is 282 g/mol. The average Bonchev–Trinajstić information content (AvgIpc) is 3.09. The van der Waals surface area contributed by atoms with Crippen molar-refractivity contribution in [3.63, 3.8) is 0 Å². The molecule has 2 aromatic carbocycles. The maximum atomic E-state index is 5.49. The number of nitrogens with zero attached hydrogens (tertiary/aromatic N) is 1. The van der Waals surface area contributed by atoms with E-state index in [1.807, 2.05) is 0 Å². The van der Waals surface area contributed by atoms with Crippen LogP contribution in [0.1, 0.15) is 5.56 Å². The maximum absolute atomic E-state index is 5.49. The first kappa shape index (κ1) is 13.1. The van der Waals surface area contributed by atoms with Gasteiger partial charge in [0.2, 0.25) is 0 Å². The molecule has 2 saturated heterocycles. The molecule has 2 fully saturated rings. The van der Waals surface area contributed by atoms with Gasteiger partial charge in [0, 0.05) is 25.0 Å². The number of methoxy groups -OCH3 is 1. The van der Waals surface area contributed by atoms with E-state index in [1.165, 1.54) is 42.5 Å². The van der Waals surface area contributed by atoms with E-state index in [2.05, 4.69) is 46.6 Å². The number of ether oxygens (including phenoxy) is 1. The highest BCUT2D eigenvalue weighted by Crippen LogP contribution is 2.32. The molecule has 110 valence electrons. The van der Waals surface area contributed by atoms with Crippen molar-refractivity contribution in [1.29, 1.82) is 0 Å². The van der Waals surface area contributed by atoms with Crippen LogP contribution in [0.3, 0.4) is 0 Å². The molecule has 0 radical (unpaired) electrons. The summed E-state index contributed by atoms with van der Waals surface area (Å²) >= 11 is 0. The van der Waals surface area contributed by atoms with Gasteiger partial charge in [-0.2, -0.15) is 0 Å². The first-order valence-corrected chi connectivity index (χ1v) is 7.83. The Bertz CT molecular complexity index is 643. The van der Waals surface area contributed by atoms with Crippen LogP contribution in [0.2, 0.25) is 0 Å². The minimum atomic E-state index is 0.856. The molecule has 0 bridgehead atoms. The van der Waals surface area contributed by atoms with Crippen molar-refractivity contribution in [1.82, 2.24) is 10.2 Å². The zero-order valence-electron chi connectivity index (χ0n) is 12.5. The monoisotopic (exact) mass is 282 g/mol. The third-order valence-corrected chi connectivity index (χ3v) is 5.05. The third-order valence-electron chi connectivity index (χ3n) is 5.05. The van der Waals surface area contributed by atoms with Gasteiger partial charge in [-0.15, -0.1) is 0 Å². The van der Waals surface area contributed by atoms with Crippen LogP contribution in [0.25, 0.3) is 10.8 Å². The van der Waals surface area contributed by atoms with Crippen LogP contribution in [0.5, 0.6) is 5.75 Å². The smallest absolute Gasteiger partial charge is 0.126 e. The Hall–Kier alpha value is -1.58. The zero-order valence-corrected chi connectivity index (χ0v) is 12.5. The summed E-state index contributed by atoms with van der Waals surface area (Å²) < 4.78 is 5.49. The van der Waals surface area contributed by atoms with E-state index in [0.717, 1.165) is 24.1 Å². The SMILES string of the molecule is COc1ccc(CN2C[C@H]3CNC[C@H]3C2)c2ccccc12. The summed E-state index contributed by atoms with van der Waals surface area (Å²) in [4.78, 5) is 2.62. The summed E-state index contributed by atoms with van der Waals surface area (Å²) in [6.07, 6.45) is 0. The molecule has 0 aliphatic carbocycles. The van der Waals surface area contributed by atoms with Crippen molar-refractivity contribution in [2.24, 2.45) is 11.8 Å². The van der Waals surface area contributed by atoms with E-state index in [9.17, 15) is 0 Å². The Morgan fingerprint density at radius 3 is 2.48 bits per heavy atom. The number of fused-ring (bicyclic) bond motifs is 2. The van der Waals surface area contributed by atoms with Crippen LogP contribution in [0.4, 0.5) is 0 Å². The van der Waals surface area contributed by atoms with Crippen LogP contribution >= 0.6 is 0 Å². The number of hydrogen-bond donors (Lipinski definition) is 1. The lowest BCUT2D eigenvalue weighted by Gasteiger charge is -2.19. The van der Waals surface area contributed by atoms with Crippen molar-refractivity contribution in [2.45, 2.75) is 6.54 Å². The second kappa shape index (κ2) is 5.32. The largest absolute Gasteiger partial charge is 0.496 e. The predicted molar refractivity (Wildman–Crippen MR) is 85.6 cm³/mol. The lowest BCUT2D eigenvalue weighted by Crippen LogP contribution is -2.25. The van der Waals surface area contributed by atoms with Crippen molar-refractivity contribution in [3.05, 3.63) is 42.0 Å². The molecule has 0 aromatic heterocycles. The van der Waals surface area contributed by atoms with E-state index in [-0.39, 0.29) is 0 Å². The fourth-order valence-corrected chi connectivity index (χ4v) is 3.97. The van der Waals surface area contributed by atoms with E-state index < -0.39 is 0 Å². The van der Waals surface area contributed by atoms with Gasteiger partial charge < -0.3 is 10.1 Å². The molecule has 0 spiro atoms. The maximum Gasteiger partial charge on any atom is 0.126 e. The van der Waals surface area contributed by atoms with Crippen LogP contribution in [-0.4, -0.2) is 38.2 Å². The van der Waals surface area contributed by atoms with Gasteiger partial charge in [-0.3, -0.25) is 4.90 Å². The molecule has 2 heterocycles. The topological polar surface area (TPSA) is 24.5 Å². The highest BCUT2D eigenvalue weighted by atomic mass is 16.5. The molecular weight excluding hydrogens is 260 g/mol. The summed E-state index contributed by atoms with van der Waals surface area (Å²) in [6.45, 7) is 5.92. The summed E-state index contributed by atoms with van der Waals surface area (Å²) in [6, 6.07) is 12.9. The molecule has 0 saturated carbocycles. The second-order valence-corrected chi connectivity index (χ2v) is 6.35. The van der Waals surface area contributed by atoms with Gasteiger partial charge in [0.1, 0.15) is 5.75 Å². The number of hydrogen-bond acceptors (Lipinski definition) is 3. The van der Waals surface area contributed by atoms with Gasteiger partial charge in [-0.05, 0) is 41.9 Å². The normalized spacial score (nSPS) is 25.4. The van der Waals surface area contributed by atoms with Crippen LogP contribution in [-0.2, 0) is 6.54 Å². The minimum absolute atomic E-state index is 0.856. The Balaban J connectivity index is 1.62. The fraction of sp³-hybridized carbons (Fsp3) is 0.444. The summed E-state index contributed by atoms with van der Waals surface area (Å²) in [5.41, 5.74) is 1.42. The molecule has 0 unspecified atom stereocenters. The third kappa shape index (κ3) is 2.30. The predicted octanol–water partition coefficient (Wildman–Crippen LogP) is 2.50. The van der Waals surface area contributed by atoms with Crippen LogP contribution in [0, 0.1) is 11.8 Å². The minimum Gasteiger partial charge on any atom is -0.496 e. The first-order chi connectivity index (χ1) is 10.3. The van der Waals surface area contributed by atoms with Crippen molar-refractivity contribution in [2.75, 3.05) is 33.3 Å². The standard InChI is InChI=1S/C18H22N2O/c1-21-18-7-6-13(16-4-2-3-5-17(16)18)10-20-11-14-8-19-9-15(14)12-20/h2-7,14-15,19H,8-12H2,1H3/t14-,15+. The Labute approximate surface area is 125 Å². The van der Waals surface area contributed by atoms with E-state index in [1.54, 1.807) is 7.11 Å². The molecule has 2 atom stereocenters. The molecule has 2 aliphatic heterocycles. The molecular formula is C18H22N2O. The lowest BCUT2D eigenvalue weighted by molar-refractivity contribution is 0.306. The van der Waals surface area contributed by atoms with Gasteiger partial charge in [-0.25, -0.2) is 0 Å². The summed E-state index contributed by atoms with van der Waals surface area (Å²) in [7, 11) is 1.75. The highest BCUT2D eigenvalue weighted by molar-refractivity contribution is 5.91. The fourth-order valence-electron chi connectivity index (χ4n) is 3.97. The van der Waals surface area contributed by atoms with Crippen LogP contribution < -0.4 is 10.1 Å². The van der Waals surface area contributed by atoms with E-state index in [4.69, 9.17) is 4.74 Å². The van der Waals surface area contributed by atoms with E-state index >= 15 is 0 Å². The van der Waals surface area contributed by atoms with Crippen LogP contribution in [0.15, 0.2) is 36.4 Å². The summed E-state index contributed by atoms with van der Waals surface area (Å²) in [5, 5.41) is 6.06. The van der Waals surface area contributed by atoms with Gasteiger partial charge in [0.15, 0.2) is 0 Å². The number of benzene rings is 2. The number of nitrogens with one attached hydrogen (secondary N) is 1. The molecule has 0 amide bonds. The van der Waals surface area contributed by atoms with Gasteiger partial charge in [-0.1, -0.05) is 30.3 Å².